The van der Waals surface area contributed by atoms with Crippen LogP contribution in [0.25, 0.3) is 0 Å². The van der Waals surface area contributed by atoms with Crippen molar-refractivity contribution in [1.82, 2.24) is 0 Å². The van der Waals surface area contributed by atoms with Gasteiger partial charge in [-0.3, -0.25) is 0 Å². The zero-order chi connectivity index (χ0) is 8.23. The molecule has 1 aromatic heterocycles. The van der Waals surface area contributed by atoms with Crippen molar-refractivity contribution in [2.24, 2.45) is 0 Å². The number of rotatable bonds is 1. The highest BCUT2D eigenvalue weighted by molar-refractivity contribution is 7.07. The molecule has 1 saturated carbocycles. The Morgan fingerprint density at radius 3 is 2.42 bits per heavy atom. The molecule has 0 unspecified atom stereocenters. The van der Waals surface area contributed by atoms with Gasteiger partial charge in [0.1, 0.15) is 0 Å². The molecule has 0 nitrogen and oxygen atoms in total. The van der Waals surface area contributed by atoms with Crippen molar-refractivity contribution in [1.29, 1.82) is 0 Å². The lowest BCUT2D eigenvalue weighted by molar-refractivity contribution is 0.594. The third-order valence-electron chi connectivity index (χ3n) is 2.87. The predicted molar refractivity (Wildman–Crippen MR) is 54.8 cm³/mol. The fourth-order valence-corrected chi connectivity index (χ4v) is 2.86. The maximum absolute atomic E-state index is 2.33. The van der Waals surface area contributed by atoms with Gasteiger partial charge < -0.3 is 0 Å². The van der Waals surface area contributed by atoms with Crippen LogP contribution in [0, 0.1) is 0 Å². The Morgan fingerprint density at radius 2 is 1.83 bits per heavy atom. The Balaban J connectivity index is 2.02. The van der Waals surface area contributed by atoms with Crippen LogP contribution in [-0.4, -0.2) is 0 Å². The molecule has 0 aromatic carbocycles. The quantitative estimate of drug-likeness (QED) is 0.569. The largest absolute Gasteiger partial charge is 0.152 e. The summed E-state index contributed by atoms with van der Waals surface area (Å²) < 4.78 is 0. The smallest absolute Gasteiger partial charge is 0.00584 e. The van der Waals surface area contributed by atoms with E-state index in [0.717, 1.165) is 5.92 Å². The van der Waals surface area contributed by atoms with Gasteiger partial charge in [-0.15, -0.1) is 0 Å². The molecule has 0 amide bonds. The van der Waals surface area contributed by atoms with Gasteiger partial charge in [0.05, 0.1) is 0 Å². The summed E-state index contributed by atoms with van der Waals surface area (Å²) in [5.74, 6) is 0.888. The number of hydrogen-bond acceptors (Lipinski definition) is 1. The molecule has 0 aliphatic heterocycles. The van der Waals surface area contributed by atoms with Crippen molar-refractivity contribution in [2.45, 2.75) is 44.4 Å². The van der Waals surface area contributed by atoms with E-state index in [-0.39, 0.29) is 0 Å². The predicted octanol–water partition coefficient (Wildman–Crippen LogP) is 4.19. The van der Waals surface area contributed by atoms with E-state index < -0.39 is 0 Å². The van der Waals surface area contributed by atoms with Crippen LogP contribution < -0.4 is 0 Å². The zero-order valence-electron chi connectivity index (χ0n) is 7.46. The molecular formula is C11H16S. The van der Waals surface area contributed by atoms with E-state index >= 15 is 0 Å². The summed E-state index contributed by atoms with van der Waals surface area (Å²) in [6, 6.07) is 2.31. The lowest BCUT2D eigenvalue weighted by atomic mass is 9.94. The van der Waals surface area contributed by atoms with Crippen LogP contribution in [0.4, 0.5) is 0 Å². The first-order valence-electron chi connectivity index (χ1n) is 4.99. The zero-order valence-corrected chi connectivity index (χ0v) is 8.28. The van der Waals surface area contributed by atoms with Gasteiger partial charge >= 0.3 is 0 Å². The first-order valence-corrected chi connectivity index (χ1v) is 5.93. The van der Waals surface area contributed by atoms with Crippen molar-refractivity contribution < 1.29 is 0 Å². The van der Waals surface area contributed by atoms with Gasteiger partial charge in [-0.05, 0) is 41.1 Å². The van der Waals surface area contributed by atoms with Crippen molar-refractivity contribution in [3.05, 3.63) is 22.4 Å². The average molecular weight is 180 g/mol. The standard InChI is InChI=1S/C11H16S/c1-2-4-6-10(5-3-1)11-7-8-12-9-11/h7-10H,1-6H2. The van der Waals surface area contributed by atoms with E-state index in [9.17, 15) is 0 Å². The minimum atomic E-state index is 0.888. The van der Waals surface area contributed by atoms with Gasteiger partial charge in [-0.25, -0.2) is 0 Å². The summed E-state index contributed by atoms with van der Waals surface area (Å²) in [6.07, 6.45) is 8.66. The molecule has 1 aliphatic carbocycles. The first-order chi connectivity index (χ1) is 5.97. The number of thiophene rings is 1. The molecule has 0 atom stereocenters. The van der Waals surface area contributed by atoms with Crippen molar-refractivity contribution in [3.8, 4) is 0 Å². The van der Waals surface area contributed by atoms with E-state index in [2.05, 4.69) is 16.8 Å². The molecule has 0 spiro atoms. The highest BCUT2D eigenvalue weighted by atomic mass is 32.1. The van der Waals surface area contributed by atoms with Crippen molar-refractivity contribution in [3.63, 3.8) is 0 Å². The molecule has 0 radical (unpaired) electrons. The Bertz CT molecular complexity index is 205. The first kappa shape index (κ1) is 8.31. The molecule has 0 bridgehead atoms. The Morgan fingerprint density at radius 1 is 1.08 bits per heavy atom. The molecule has 1 heterocycles. The monoisotopic (exact) mass is 180 g/mol. The van der Waals surface area contributed by atoms with Crippen LogP contribution in [0.1, 0.15) is 50.0 Å². The molecular weight excluding hydrogens is 164 g/mol. The third kappa shape index (κ3) is 1.89. The van der Waals surface area contributed by atoms with Crippen molar-refractivity contribution >= 4 is 11.3 Å². The summed E-state index contributed by atoms with van der Waals surface area (Å²) >= 11 is 1.84. The van der Waals surface area contributed by atoms with Crippen LogP contribution in [0.15, 0.2) is 16.8 Å². The molecule has 2 rings (SSSR count). The second kappa shape index (κ2) is 4.08. The van der Waals surface area contributed by atoms with Crippen LogP contribution in [-0.2, 0) is 0 Å². The summed E-state index contributed by atoms with van der Waals surface area (Å²) in [5.41, 5.74) is 1.60. The van der Waals surface area contributed by atoms with Gasteiger partial charge in [-0.1, -0.05) is 25.7 Å². The summed E-state index contributed by atoms with van der Waals surface area (Å²) in [6.45, 7) is 0. The van der Waals surface area contributed by atoms with E-state index in [0.29, 0.717) is 0 Å². The average Bonchev–Trinajstić information content (AvgIpc) is 2.48. The van der Waals surface area contributed by atoms with Crippen LogP contribution in [0.3, 0.4) is 0 Å². The van der Waals surface area contributed by atoms with Crippen LogP contribution in [0.5, 0.6) is 0 Å². The third-order valence-corrected chi connectivity index (χ3v) is 3.57. The molecule has 1 aliphatic rings. The SMILES string of the molecule is c1cc(C2CCCCCC2)cs1. The topological polar surface area (TPSA) is 0 Å². The van der Waals surface area contributed by atoms with Gasteiger partial charge in [-0.2, -0.15) is 11.3 Å². The van der Waals surface area contributed by atoms with Crippen LogP contribution in [0.2, 0.25) is 0 Å². The highest BCUT2D eigenvalue weighted by Gasteiger charge is 2.13. The minimum Gasteiger partial charge on any atom is -0.152 e. The Labute approximate surface area is 78.6 Å². The minimum absolute atomic E-state index is 0.888. The fraction of sp³-hybridized carbons (Fsp3) is 0.636. The number of hydrogen-bond donors (Lipinski definition) is 0. The maximum Gasteiger partial charge on any atom is -0.00584 e. The van der Waals surface area contributed by atoms with Crippen LogP contribution >= 0.6 is 11.3 Å². The highest BCUT2D eigenvalue weighted by Crippen LogP contribution is 2.32. The molecule has 66 valence electrons. The lowest BCUT2D eigenvalue weighted by Crippen LogP contribution is -1.94. The van der Waals surface area contributed by atoms with Crippen molar-refractivity contribution in [2.75, 3.05) is 0 Å². The van der Waals surface area contributed by atoms with Gasteiger partial charge in [0.2, 0.25) is 0 Å². The van der Waals surface area contributed by atoms with Gasteiger partial charge in [0.25, 0.3) is 0 Å². The van der Waals surface area contributed by atoms with E-state index in [1.165, 1.54) is 38.5 Å². The lowest BCUT2D eigenvalue weighted by Gasteiger charge is -2.11. The molecule has 1 aromatic rings. The van der Waals surface area contributed by atoms with Gasteiger partial charge in [0, 0.05) is 0 Å². The summed E-state index contributed by atoms with van der Waals surface area (Å²) in [4.78, 5) is 0. The van der Waals surface area contributed by atoms with E-state index in [4.69, 9.17) is 0 Å². The molecule has 1 heteroatoms. The molecule has 12 heavy (non-hydrogen) atoms. The Kier molecular flexibility index (Phi) is 2.83. The maximum atomic E-state index is 2.33. The molecule has 1 fully saturated rings. The second-order valence-electron chi connectivity index (χ2n) is 3.75. The van der Waals surface area contributed by atoms with Gasteiger partial charge in [0.15, 0.2) is 0 Å². The fourth-order valence-electron chi connectivity index (χ4n) is 2.12. The summed E-state index contributed by atoms with van der Waals surface area (Å²) in [7, 11) is 0. The van der Waals surface area contributed by atoms with E-state index in [1.807, 2.05) is 11.3 Å². The Hall–Kier alpha value is -0.300. The normalized spacial score (nSPS) is 20.7. The molecule has 0 N–H and O–H groups in total. The molecule has 0 saturated heterocycles. The van der Waals surface area contributed by atoms with E-state index in [1.54, 1.807) is 5.56 Å². The second-order valence-corrected chi connectivity index (χ2v) is 4.53. The summed E-state index contributed by atoms with van der Waals surface area (Å²) in [5, 5.41) is 4.54.